The van der Waals surface area contributed by atoms with Gasteiger partial charge in [0.1, 0.15) is 5.82 Å². The summed E-state index contributed by atoms with van der Waals surface area (Å²) >= 11 is 0. The number of aryl methyl sites for hydroxylation is 1. The Hall–Kier alpha value is -3.02. The first-order valence-electron chi connectivity index (χ1n) is 9.93. The molecular formula is C21H25N5NaO6. The van der Waals surface area contributed by atoms with Crippen molar-refractivity contribution in [1.82, 2.24) is 15.6 Å². The third-order valence-electron chi connectivity index (χ3n) is 4.47. The maximum atomic E-state index is 12.2. The van der Waals surface area contributed by atoms with E-state index in [1.54, 1.807) is 6.20 Å². The zero-order valence-electron chi connectivity index (χ0n) is 18.5. The van der Waals surface area contributed by atoms with Crippen molar-refractivity contribution in [1.29, 1.82) is 0 Å². The quantitative estimate of drug-likeness (QED) is 0.158. The van der Waals surface area contributed by atoms with Gasteiger partial charge in [0, 0.05) is 60.9 Å². The third-order valence-corrected chi connectivity index (χ3v) is 4.47. The van der Waals surface area contributed by atoms with Crippen molar-refractivity contribution in [2.75, 3.05) is 18.4 Å². The van der Waals surface area contributed by atoms with Gasteiger partial charge in [-0.05, 0) is 36.6 Å². The normalized spacial score (nSPS) is 10.9. The summed E-state index contributed by atoms with van der Waals surface area (Å²) in [5, 5.41) is 28.0. The molecule has 12 heteroatoms. The number of aliphatic carboxylic acids is 1. The van der Waals surface area contributed by atoms with Crippen LogP contribution in [0.2, 0.25) is 0 Å². The van der Waals surface area contributed by atoms with Crippen LogP contribution in [-0.2, 0) is 14.4 Å². The van der Waals surface area contributed by atoms with Crippen LogP contribution >= 0.6 is 0 Å². The number of hydrogen-bond acceptors (Lipinski definition) is 7. The summed E-state index contributed by atoms with van der Waals surface area (Å²) in [7, 11) is 0. The second kappa shape index (κ2) is 14.2. The molecule has 0 aliphatic heterocycles. The Morgan fingerprint density at radius 3 is 2.45 bits per heavy atom. The number of carboxylic acids is 1. The van der Waals surface area contributed by atoms with Gasteiger partial charge in [-0.15, -0.1) is 0 Å². The molecule has 1 heterocycles. The van der Waals surface area contributed by atoms with Gasteiger partial charge < -0.3 is 21.1 Å². The fourth-order valence-corrected chi connectivity index (χ4v) is 2.87. The van der Waals surface area contributed by atoms with Gasteiger partial charge in [-0.1, -0.05) is 12.1 Å². The zero-order chi connectivity index (χ0) is 23.5. The molecule has 0 bridgehead atoms. The summed E-state index contributed by atoms with van der Waals surface area (Å²) in [5.41, 5.74) is 1.34. The number of nitro benzene ring substituents is 1. The molecule has 0 aliphatic carbocycles. The second-order valence-electron chi connectivity index (χ2n) is 7.09. The van der Waals surface area contributed by atoms with Gasteiger partial charge in [-0.25, -0.2) is 4.98 Å². The van der Waals surface area contributed by atoms with Gasteiger partial charge in [-0.2, -0.15) is 0 Å². The van der Waals surface area contributed by atoms with Crippen molar-refractivity contribution in [3.8, 4) is 0 Å². The summed E-state index contributed by atoms with van der Waals surface area (Å²) in [5.74, 6) is -1.30. The first kappa shape index (κ1) is 28.0. The van der Waals surface area contributed by atoms with Gasteiger partial charge in [0.05, 0.1) is 23.9 Å². The summed E-state index contributed by atoms with van der Waals surface area (Å²) in [4.78, 5) is 49.6. The number of non-ortho nitro benzene ring substituents is 1. The number of aromatic nitrogens is 1. The number of anilines is 1. The number of hydrogen-bond donors (Lipinski definition) is 4. The first-order chi connectivity index (χ1) is 15.2. The molecule has 0 fully saturated rings. The van der Waals surface area contributed by atoms with E-state index in [1.165, 1.54) is 24.3 Å². The van der Waals surface area contributed by atoms with Crippen LogP contribution in [0.25, 0.3) is 0 Å². The SMILES string of the molecule is Cc1ccnc(NCCCC(=O)NCC(=O)NC(CC(=O)O)c2ccc([N+](=O)[O-])cc2)c1.[Na]. The molecule has 0 saturated carbocycles. The summed E-state index contributed by atoms with van der Waals surface area (Å²) in [6.07, 6.45) is 2.02. The van der Waals surface area contributed by atoms with Crippen molar-refractivity contribution < 1.29 is 24.4 Å². The maximum Gasteiger partial charge on any atom is 0.305 e. The van der Waals surface area contributed by atoms with E-state index in [-0.39, 0.29) is 54.1 Å². The molecule has 2 aromatic rings. The monoisotopic (exact) mass is 466 g/mol. The summed E-state index contributed by atoms with van der Waals surface area (Å²) in [6, 6.07) is 8.14. The molecule has 0 saturated heterocycles. The van der Waals surface area contributed by atoms with E-state index >= 15 is 0 Å². The Bertz CT molecular complexity index is 970. The van der Waals surface area contributed by atoms with Crippen LogP contribution < -0.4 is 16.0 Å². The predicted octanol–water partition coefficient (Wildman–Crippen LogP) is 1.56. The van der Waals surface area contributed by atoms with Crippen molar-refractivity contribution in [2.45, 2.75) is 32.2 Å². The fourth-order valence-electron chi connectivity index (χ4n) is 2.87. The van der Waals surface area contributed by atoms with E-state index in [0.29, 0.717) is 18.5 Å². The molecule has 4 N–H and O–H groups in total. The van der Waals surface area contributed by atoms with E-state index in [9.17, 15) is 24.5 Å². The molecule has 0 spiro atoms. The average molecular weight is 466 g/mol. The van der Waals surface area contributed by atoms with Crippen LogP contribution in [0.15, 0.2) is 42.6 Å². The molecule has 1 aromatic carbocycles. The van der Waals surface area contributed by atoms with Crippen LogP contribution in [-0.4, -0.2) is 75.4 Å². The van der Waals surface area contributed by atoms with Gasteiger partial charge in [0.15, 0.2) is 0 Å². The topological polar surface area (TPSA) is 164 Å². The number of carbonyl (C=O) groups is 3. The molecule has 33 heavy (non-hydrogen) atoms. The number of nitro groups is 1. The van der Waals surface area contributed by atoms with E-state index < -0.39 is 29.3 Å². The number of amides is 2. The Morgan fingerprint density at radius 2 is 1.85 bits per heavy atom. The average Bonchev–Trinajstić information content (AvgIpc) is 2.74. The molecule has 1 radical (unpaired) electrons. The first-order valence-corrected chi connectivity index (χ1v) is 9.93. The van der Waals surface area contributed by atoms with E-state index in [4.69, 9.17) is 5.11 Å². The van der Waals surface area contributed by atoms with Gasteiger partial charge in [0.25, 0.3) is 5.69 Å². The number of pyridine rings is 1. The standard InChI is InChI=1S/C21H25N5O6.Na/c1-14-8-10-23-18(11-14)22-9-2-3-19(27)24-13-20(28)25-17(12-21(29)30)15-4-6-16(7-5-15)26(31)32;/h4-8,10-11,17H,2-3,9,12-13H2,1H3,(H,22,23)(H,24,27)(H,25,28)(H,29,30);. The minimum Gasteiger partial charge on any atom is -0.481 e. The zero-order valence-corrected chi connectivity index (χ0v) is 20.5. The predicted molar refractivity (Wildman–Crippen MR) is 122 cm³/mol. The summed E-state index contributed by atoms with van der Waals surface area (Å²) in [6.45, 7) is 2.18. The molecule has 0 aliphatic rings. The smallest absolute Gasteiger partial charge is 0.305 e. The Kier molecular flexibility index (Phi) is 12.0. The van der Waals surface area contributed by atoms with Crippen molar-refractivity contribution in [3.63, 3.8) is 0 Å². The molecule has 1 aromatic heterocycles. The van der Waals surface area contributed by atoms with Gasteiger partial charge in [0.2, 0.25) is 11.8 Å². The number of nitrogens with zero attached hydrogens (tertiary/aromatic N) is 2. The van der Waals surface area contributed by atoms with Gasteiger partial charge >= 0.3 is 5.97 Å². The second-order valence-corrected chi connectivity index (χ2v) is 7.09. The maximum absolute atomic E-state index is 12.2. The molecule has 171 valence electrons. The molecule has 1 unspecified atom stereocenters. The Labute approximate surface area is 212 Å². The van der Waals surface area contributed by atoms with Crippen molar-refractivity contribution in [2.24, 2.45) is 0 Å². The number of nitrogens with one attached hydrogen (secondary N) is 3. The van der Waals surface area contributed by atoms with Crippen LogP contribution in [0.3, 0.4) is 0 Å². The van der Waals surface area contributed by atoms with Crippen LogP contribution in [0, 0.1) is 17.0 Å². The largest absolute Gasteiger partial charge is 0.481 e. The molecule has 2 rings (SSSR count). The number of rotatable bonds is 12. The minimum atomic E-state index is -1.15. The van der Waals surface area contributed by atoms with Crippen LogP contribution in [0.1, 0.15) is 36.4 Å². The Balaban J connectivity index is 0.00000544. The van der Waals surface area contributed by atoms with Gasteiger partial charge in [-0.3, -0.25) is 24.5 Å². The third kappa shape index (κ3) is 10.4. The van der Waals surface area contributed by atoms with Crippen molar-refractivity contribution in [3.05, 3.63) is 63.8 Å². The van der Waals surface area contributed by atoms with E-state index in [2.05, 4.69) is 20.9 Å². The van der Waals surface area contributed by atoms with E-state index in [0.717, 1.165) is 11.4 Å². The fraction of sp³-hybridized carbons (Fsp3) is 0.333. The number of carbonyl (C=O) groups excluding carboxylic acids is 2. The minimum absolute atomic E-state index is 0. The molecule has 1 atom stereocenters. The Morgan fingerprint density at radius 1 is 1.15 bits per heavy atom. The summed E-state index contributed by atoms with van der Waals surface area (Å²) < 4.78 is 0. The number of carboxylic acid groups (broad SMARTS) is 1. The van der Waals surface area contributed by atoms with Crippen LogP contribution in [0.5, 0.6) is 0 Å². The van der Waals surface area contributed by atoms with Crippen molar-refractivity contribution >= 4 is 58.8 Å². The molecule has 2 amide bonds. The van der Waals surface area contributed by atoms with E-state index in [1.807, 2.05) is 19.1 Å². The van der Waals surface area contributed by atoms with Crippen LogP contribution in [0.4, 0.5) is 11.5 Å². The number of benzene rings is 1. The molecule has 11 nitrogen and oxygen atoms in total. The molecular weight excluding hydrogens is 441 g/mol.